The molecule has 0 saturated carbocycles. The molecule has 3 rings (SSSR count). The molecular formula is C15H21N3O. The Balaban J connectivity index is 2.28. The molecule has 1 unspecified atom stereocenters. The average molecular weight is 259 g/mol. The molecule has 4 nitrogen and oxygen atoms in total. The van der Waals surface area contributed by atoms with Gasteiger partial charge in [-0.05, 0) is 42.8 Å². The lowest BCUT2D eigenvalue weighted by Crippen LogP contribution is -2.15. The molecule has 0 spiro atoms. The van der Waals surface area contributed by atoms with Crippen molar-refractivity contribution in [2.45, 2.75) is 26.1 Å². The second-order valence-corrected chi connectivity index (χ2v) is 5.66. The van der Waals surface area contributed by atoms with Crippen LogP contribution in [0.4, 0.5) is 0 Å². The molecule has 0 radical (unpaired) electrons. The van der Waals surface area contributed by atoms with Crippen molar-refractivity contribution in [2.24, 2.45) is 12.8 Å². The number of nitrogens with two attached hydrogens (primary N) is 1. The Labute approximate surface area is 113 Å². The molecule has 0 saturated heterocycles. The van der Waals surface area contributed by atoms with E-state index in [0.717, 1.165) is 24.3 Å². The molecular weight excluding hydrogens is 238 g/mol. The number of rotatable bonds is 2. The van der Waals surface area contributed by atoms with Crippen LogP contribution in [0.1, 0.15) is 28.4 Å². The monoisotopic (exact) mass is 259 g/mol. The summed E-state index contributed by atoms with van der Waals surface area (Å²) in [4.78, 5) is 2.31. The van der Waals surface area contributed by atoms with E-state index < -0.39 is 0 Å². The van der Waals surface area contributed by atoms with Gasteiger partial charge in [0.25, 0.3) is 0 Å². The van der Waals surface area contributed by atoms with Gasteiger partial charge in [-0.3, -0.25) is 4.90 Å². The van der Waals surface area contributed by atoms with Crippen LogP contribution >= 0.6 is 0 Å². The highest BCUT2D eigenvalue weighted by Crippen LogP contribution is 2.33. The quantitative estimate of drug-likeness (QED) is 0.857. The van der Waals surface area contributed by atoms with E-state index in [1.807, 2.05) is 0 Å². The zero-order valence-electron chi connectivity index (χ0n) is 11.8. The fourth-order valence-corrected chi connectivity index (χ4v) is 3.22. The van der Waals surface area contributed by atoms with Gasteiger partial charge in [-0.2, -0.15) is 0 Å². The number of benzene rings is 1. The second kappa shape index (κ2) is 4.34. The first-order valence-corrected chi connectivity index (χ1v) is 6.68. The molecule has 2 heterocycles. The summed E-state index contributed by atoms with van der Waals surface area (Å²) in [5, 5.41) is 10.6. The molecule has 1 aromatic heterocycles. The summed E-state index contributed by atoms with van der Waals surface area (Å²) in [7, 11) is 4.20. The first-order chi connectivity index (χ1) is 9.02. The lowest BCUT2D eigenvalue weighted by molar-refractivity contribution is 0.268. The molecule has 2 aromatic rings. The molecule has 1 aliphatic heterocycles. The summed E-state index contributed by atoms with van der Waals surface area (Å²) in [5.74, 6) is 0. The van der Waals surface area contributed by atoms with Crippen molar-refractivity contribution in [2.75, 3.05) is 13.7 Å². The summed E-state index contributed by atoms with van der Waals surface area (Å²) >= 11 is 0. The Morgan fingerprint density at radius 3 is 2.53 bits per heavy atom. The van der Waals surface area contributed by atoms with Gasteiger partial charge in [-0.15, -0.1) is 0 Å². The predicted octanol–water partition coefficient (Wildman–Crippen LogP) is 1.42. The van der Waals surface area contributed by atoms with Gasteiger partial charge >= 0.3 is 0 Å². The van der Waals surface area contributed by atoms with E-state index in [2.05, 4.69) is 42.6 Å². The van der Waals surface area contributed by atoms with Gasteiger partial charge in [0.1, 0.15) is 0 Å². The maximum atomic E-state index is 9.37. The van der Waals surface area contributed by atoms with Crippen LogP contribution in [0.3, 0.4) is 0 Å². The van der Waals surface area contributed by atoms with Crippen molar-refractivity contribution in [1.82, 2.24) is 9.47 Å². The van der Waals surface area contributed by atoms with Gasteiger partial charge < -0.3 is 15.4 Å². The minimum absolute atomic E-state index is 0.0169. The molecule has 0 bridgehead atoms. The number of aromatic nitrogens is 1. The molecule has 0 aliphatic carbocycles. The van der Waals surface area contributed by atoms with Crippen LogP contribution in [0.2, 0.25) is 0 Å². The highest BCUT2D eigenvalue weighted by atomic mass is 16.3. The predicted molar refractivity (Wildman–Crippen MR) is 76.8 cm³/mol. The number of fused-ring (bicyclic) bond motifs is 2. The topological polar surface area (TPSA) is 54.4 Å². The van der Waals surface area contributed by atoms with E-state index in [9.17, 15) is 5.11 Å². The van der Waals surface area contributed by atoms with Gasteiger partial charge in [0.2, 0.25) is 0 Å². The zero-order valence-corrected chi connectivity index (χ0v) is 11.8. The summed E-state index contributed by atoms with van der Waals surface area (Å²) in [6.45, 7) is 4.06. The minimum atomic E-state index is -0.305. The fourth-order valence-electron chi connectivity index (χ4n) is 3.22. The van der Waals surface area contributed by atoms with E-state index in [1.54, 1.807) is 0 Å². The third kappa shape index (κ3) is 1.79. The van der Waals surface area contributed by atoms with Crippen LogP contribution in [0.15, 0.2) is 12.1 Å². The molecule has 0 fully saturated rings. The number of aliphatic hydroxyl groups is 1. The Morgan fingerprint density at radius 2 is 1.89 bits per heavy atom. The first-order valence-electron chi connectivity index (χ1n) is 6.68. The molecule has 102 valence electrons. The van der Waals surface area contributed by atoms with Crippen LogP contribution in [-0.2, 0) is 20.1 Å². The smallest absolute Gasteiger partial charge is 0.0625 e. The maximum absolute atomic E-state index is 9.37. The second-order valence-electron chi connectivity index (χ2n) is 5.66. The Hall–Kier alpha value is -1.36. The third-order valence-electron chi connectivity index (χ3n) is 4.31. The highest BCUT2D eigenvalue weighted by Gasteiger charge is 2.22. The number of hydrogen-bond acceptors (Lipinski definition) is 3. The van der Waals surface area contributed by atoms with E-state index in [-0.39, 0.29) is 12.6 Å². The van der Waals surface area contributed by atoms with E-state index >= 15 is 0 Å². The van der Waals surface area contributed by atoms with Crippen LogP contribution in [-0.4, -0.2) is 28.2 Å². The largest absolute Gasteiger partial charge is 0.394 e. The fraction of sp³-hybridized carbons (Fsp3) is 0.467. The van der Waals surface area contributed by atoms with E-state index in [1.165, 1.54) is 22.0 Å². The number of aliphatic hydroxyl groups excluding tert-OH is 1. The molecule has 3 N–H and O–H groups in total. The number of aryl methyl sites for hydroxylation is 1. The van der Waals surface area contributed by atoms with Crippen molar-refractivity contribution < 1.29 is 5.11 Å². The van der Waals surface area contributed by atoms with Gasteiger partial charge in [0.05, 0.1) is 12.6 Å². The Kier molecular flexibility index (Phi) is 2.89. The summed E-state index contributed by atoms with van der Waals surface area (Å²) in [5.41, 5.74) is 12.3. The average Bonchev–Trinajstić information content (AvgIpc) is 2.85. The Bertz CT molecular complexity index is 645. The summed E-state index contributed by atoms with van der Waals surface area (Å²) in [6, 6.07) is 4.22. The zero-order chi connectivity index (χ0) is 13.7. The lowest BCUT2D eigenvalue weighted by atomic mass is 10.0. The molecule has 1 aliphatic rings. The van der Waals surface area contributed by atoms with E-state index in [4.69, 9.17) is 5.73 Å². The standard InChI is InChI=1S/C15H21N3O/c1-9-15(13(16)8-19)12-4-10-6-17(2)7-11(10)5-14(12)18(9)3/h4-5,13,19H,6-8,16H2,1-3H3. The first kappa shape index (κ1) is 12.7. The van der Waals surface area contributed by atoms with Crippen LogP contribution in [0.5, 0.6) is 0 Å². The van der Waals surface area contributed by atoms with Gasteiger partial charge in [-0.25, -0.2) is 0 Å². The van der Waals surface area contributed by atoms with Crippen molar-refractivity contribution in [3.05, 3.63) is 34.5 Å². The van der Waals surface area contributed by atoms with Crippen molar-refractivity contribution in [1.29, 1.82) is 0 Å². The summed E-state index contributed by atoms with van der Waals surface area (Å²) in [6.07, 6.45) is 0. The molecule has 1 atom stereocenters. The van der Waals surface area contributed by atoms with Crippen LogP contribution in [0.25, 0.3) is 10.9 Å². The minimum Gasteiger partial charge on any atom is -0.394 e. The number of nitrogens with zero attached hydrogens (tertiary/aromatic N) is 2. The maximum Gasteiger partial charge on any atom is 0.0625 e. The molecule has 0 amide bonds. The molecule has 19 heavy (non-hydrogen) atoms. The summed E-state index contributed by atoms with van der Waals surface area (Å²) < 4.78 is 2.18. The normalized spacial score (nSPS) is 17.1. The molecule has 4 heteroatoms. The third-order valence-corrected chi connectivity index (χ3v) is 4.31. The van der Waals surface area contributed by atoms with Gasteiger partial charge in [-0.1, -0.05) is 0 Å². The number of hydrogen-bond donors (Lipinski definition) is 2. The van der Waals surface area contributed by atoms with Crippen LogP contribution < -0.4 is 5.73 Å². The lowest BCUT2D eigenvalue weighted by Gasteiger charge is -2.09. The highest BCUT2D eigenvalue weighted by molar-refractivity contribution is 5.87. The molecule has 1 aromatic carbocycles. The Morgan fingerprint density at radius 1 is 1.26 bits per heavy atom. The van der Waals surface area contributed by atoms with E-state index in [0.29, 0.717) is 0 Å². The van der Waals surface area contributed by atoms with Gasteiger partial charge in [0, 0.05) is 36.7 Å². The van der Waals surface area contributed by atoms with Crippen molar-refractivity contribution >= 4 is 10.9 Å². The van der Waals surface area contributed by atoms with Crippen molar-refractivity contribution in [3.8, 4) is 0 Å². The van der Waals surface area contributed by atoms with Crippen molar-refractivity contribution in [3.63, 3.8) is 0 Å². The SMILES string of the molecule is Cc1c(C(N)CO)c2cc3c(cc2n1C)CN(C)C3. The van der Waals surface area contributed by atoms with Gasteiger partial charge in [0.15, 0.2) is 0 Å². The van der Waals surface area contributed by atoms with Crippen LogP contribution in [0, 0.1) is 6.92 Å².